The maximum Gasteiger partial charge on any atom is 0.263 e. The third-order valence-electron chi connectivity index (χ3n) is 3.18. The van der Waals surface area contributed by atoms with Gasteiger partial charge in [0.1, 0.15) is 23.6 Å². The van der Waals surface area contributed by atoms with Crippen LogP contribution in [0.4, 0.5) is 10.3 Å². The molecule has 0 aliphatic heterocycles. The molecule has 0 amide bonds. The summed E-state index contributed by atoms with van der Waals surface area (Å²) in [4.78, 5) is 20.6. The zero-order valence-electron chi connectivity index (χ0n) is 11.8. The molecule has 0 saturated heterocycles. The van der Waals surface area contributed by atoms with Crippen molar-refractivity contribution in [2.45, 2.75) is 0 Å². The van der Waals surface area contributed by atoms with E-state index in [0.29, 0.717) is 35.9 Å². The van der Waals surface area contributed by atoms with Gasteiger partial charge in [0.25, 0.3) is 5.56 Å². The molecular weight excluding hydrogens is 289 g/mol. The lowest BCUT2D eigenvalue weighted by molar-refractivity contribution is 0.325. The standard InChI is InChI=1S/C14H14FN5O2/c1-20(6-7-22-10-4-2-9(15)3-5-10)14-17-12-11(8-16-19-12)13(21)18-14/h2-5,8H,6-7H2,1H3,(H2,16,17,18,19,21). The molecule has 8 heteroatoms. The molecule has 3 rings (SSSR count). The van der Waals surface area contributed by atoms with Crippen LogP contribution in [0.5, 0.6) is 5.75 Å². The third kappa shape index (κ3) is 2.90. The van der Waals surface area contributed by atoms with Crippen molar-refractivity contribution in [1.29, 1.82) is 0 Å². The van der Waals surface area contributed by atoms with Gasteiger partial charge in [-0.15, -0.1) is 0 Å². The van der Waals surface area contributed by atoms with Gasteiger partial charge < -0.3 is 9.64 Å². The largest absolute Gasteiger partial charge is 0.492 e. The number of likely N-dealkylation sites (N-methyl/N-ethyl adjacent to an activating group) is 1. The number of nitrogens with zero attached hydrogens (tertiary/aromatic N) is 3. The van der Waals surface area contributed by atoms with Crippen molar-refractivity contribution >= 4 is 17.0 Å². The fraction of sp³-hybridized carbons (Fsp3) is 0.214. The highest BCUT2D eigenvalue weighted by Crippen LogP contribution is 2.11. The first-order chi connectivity index (χ1) is 10.6. The van der Waals surface area contributed by atoms with Gasteiger partial charge in [0.05, 0.1) is 12.7 Å². The highest BCUT2D eigenvalue weighted by atomic mass is 19.1. The minimum atomic E-state index is -0.306. The van der Waals surface area contributed by atoms with E-state index in [4.69, 9.17) is 4.74 Å². The smallest absolute Gasteiger partial charge is 0.263 e. The molecular formula is C14H14FN5O2. The number of aromatic amines is 2. The second-order valence-electron chi connectivity index (χ2n) is 4.75. The first-order valence-electron chi connectivity index (χ1n) is 6.66. The van der Waals surface area contributed by atoms with Crippen LogP contribution >= 0.6 is 0 Å². The number of rotatable bonds is 5. The highest BCUT2D eigenvalue weighted by Gasteiger charge is 2.09. The van der Waals surface area contributed by atoms with Crippen molar-refractivity contribution in [1.82, 2.24) is 20.2 Å². The molecule has 7 nitrogen and oxygen atoms in total. The zero-order valence-corrected chi connectivity index (χ0v) is 11.8. The summed E-state index contributed by atoms with van der Waals surface area (Å²) in [6.07, 6.45) is 1.43. The Morgan fingerprint density at radius 1 is 1.32 bits per heavy atom. The van der Waals surface area contributed by atoms with Gasteiger partial charge >= 0.3 is 0 Å². The molecule has 0 aliphatic rings. The molecule has 3 aromatic rings. The monoisotopic (exact) mass is 303 g/mol. The van der Waals surface area contributed by atoms with Gasteiger partial charge in [-0.1, -0.05) is 0 Å². The third-order valence-corrected chi connectivity index (χ3v) is 3.18. The second-order valence-corrected chi connectivity index (χ2v) is 4.75. The number of hydrogen-bond acceptors (Lipinski definition) is 5. The molecule has 2 aromatic heterocycles. The normalized spacial score (nSPS) is 10.8. The Morgan fingerprint density at radius 2 is 2.09 bits per heavy atom. The molecule has 0 saturated carbocycles. The first kappa shape index (κ1) is 14.1. The van der Waals surface area contributed by atoms with E-state index in [1.807, 2.05) is 0 Å². The van der Waals surface area contributed by atoms with Gasteiger partial charge in [0, 0.05) is 7.05 Å². The van der Waals surface area contributed by atoms with E-state index in [1.54, 1.807) is 24.1 Å². The summed E-state index contributed by atoms with van der Waals surface area (Å²) in [5.74, 6) is 0.698. The Bertz CT molecular complexity index is 827. The number of fused-ring (bicyclic) bond motifs is 1. The van der Waals surface area contributed by atoms with E-state index in [-0.39, 0.29) is 11.4 Å². The summed E-state index contributed by atoms with van der Waals surface area (Å²) in [6.45, 7) is 0.868. The van der Waals surface area contributed by atoms with Crippen LogP contribution in [0.1, 0.15) is 0 Å². The average Bonchev–Trinajstić information content (AvgIpc) is 2.98. The van der Waals surface area contributed by atoms with E-state index >= 15 is 0 Å². The Kier molecular flexibility index (Phi) is 3.73. The van der Waals surface area contributed by atoms with Gasteiger partial charge in [-0.2, -0.15) is 10.1 Å². The second kappa shape index (κ2) is 5.84. The fourth-order valence-corrected chi connectivity index (χ4v) is 1.95. The fourth-order valence-electron chi connectivity index (χ4n) is 1.95. The molecule has 1 aromatic carbocycles. The van der Waals surface area contributed by atoms with Crippen molar-refractivity contribution in [3.63, 3.8) is 0 Å². The Balaban J connectivity index is 1.64. The van der Waals surface area contributed by atoms with Gasteiger partial charge in [-0.05, 0) is 24.3 Å². The van der Waals surface area contributed by atoms with Crippen LogP contribution in [-0.2, 0) is 0 Å². The van der Waals surface area contributed by atoms with Crippen molar-refractivity contribution in [2.24, 2.45) is 0 Å². The summed E-state index contributed by atoms with van der Waals surface area (Å²) in [5, 5.41) is 6.87. The predicted octanol–water partition coefficient (Wildman–Crippen LogP) is 1.30. The van der Waals surface area contributed by atoms with Crippen LogP contribution in [0.3, 0.4) is 0 Å². The van der Waals surface area contributed by atoms with Crippen LogP contribution in [0.2, 0.25) is 0 Å². The van der Waals surface area contributed by atoms with E-state index < -0.39 is 0 Å². The summed E-state index contributed by atoms with van der Waals surface area (Å²) in [5.41, 5.74) is 0.185. The number of anilines is 1. The molecule has 0 fully saturated rings. The molecule has 0 aliphatic carbocycles. The van der Waals surface area contributed by atoms with Crippen LogP contribution in [0.25, 0.3) is 11.0 Å². The molecule has 2 heterocycles. The average molecular weight is 303 g/mol. The predicted molar refractivity (Wildman–Crippen MR) is 79.7 cm³/mol. The molecule has 22 heavy (non-hydrogen) atoms. The minimum absolute atomic E-state index is 0.250. The Morgan fingerprint density at radius 3 is 2.86 bits per heavy atom. The topological polar surface area (TPSA) is 86.9 Å². The quantitative estimate of drug-likeness (QED) is 0.742. The Hall–Kier alpha value is -2.90. The number of nitrogens with one attached hydrogen (secondary N) is 2. The summed E-state index contributed by atoms with van der Waals surface area (Å²) in [6, 6.07) is 5.80. The first-order valence-corrected chi connectivity index (χ1v) is 6.66. The van der Waals surface area contributed by atoms with E-state index in [0.717, 1.165) is 0 Å². The number of halogens is 1. The van der Waals surface area contributed by atoms with E-state index in [2.05, 4.69) is 20.2 Å². The highest BCUT2D eigenvalue weighted by molar-refractivity contribution is 5.73. The van der Waals surface area contributed by atoms with E-state index in [9.17, 15) is 9.18 Å². The van der Waals surface area contributed by atoms with Crippen molar-refractivity contribution < 1.29 is 9.13 Å². The van der Waals surface area contributed by atoms with Crippen LogP contribution < -0.4 is 15.2 Å². The summed E-state index contributed by atoms with van der Waals surface area (Å²) >= 11 is 0. The molecule has 2 N–H and O–H groups in total. The van der Waals surface area contributed by atoms with Crippen LogP contribution in [0.15, 0.2) is 35.3 Å². The minimum Gasteiger partial charge on any atom is -0.492 e. The molecule has 114 valence electrons. The Labute approximate surface area is 124 Å². The van der Waals surface area contributed by atoms with Crippen molar-refractivity contribution in [3.05, 3.63) is 46.6 Å². The number of aromatic nitrogens is 4. The van der Waals surface area contributed by atoms with Crippen LogP contribution in [-0.4, -0.2) is 40.4 Å². The van der Waals surface area contributed by atoms with Crippen molar-refractivity contribution in [2.75, 3.05) is 25.1 Å². The van der Waals surface area contributed by atoms with Crippen molar-refractivity contribution in [3.8, 4) is 5.75 Å². The van der Waals surface area contributed by atoms with Gasteiger partial charge in [0.2, 0.25) is 5.95 Å². The molecule has 0 radical (unpaired) electrons. The maximum absolute atomic E-state index is 12.8. The van der Waals surface area contributed by atoms with Gasteiger partial charge in [-0.25, -0.2) is 4.39 Å². The van der Waals surface area contributed by atoms with E-state index in [1.165, 1.54) is 18.3 Å². The number of ether oxygens (including phenoxy) is 1. The van der Waals surface area contributed by atoms with Gasteiger partial charge in [0.15, 0.2) is 5.65 Å². The van der Waals surface area contributed by atoms with Gasteiger partial charge in [-0.3, -0.25) is 14.9 Å². The molecule has 0 atom stereocenters. The lowest BCUT2D eigenvalue weighted by Gasteiger charge is -2.17. The molecule has 0 spiro atoms. The SMILES string of the molecule is CN(CCOc1ccc(F)cc1)c1nc2[nH]ncc2c(=O)[nH]1. The number of hydrogen-bond donors (Lipinski definition) is 2. The maximum atomic E-state index is 12.8. The molecule has 0 bridgehead atoms. The number of H-pyrrole nitrogens is 2. The zero-order chi connectivity index (χ0) is 15.5. The number of benzene rings is 1. The summed E-state index contributed by atoms with van der Waals surface area (Å²) in [7, 11) is 1.79. The van der Waals surface area contributed by atoms with Crippen LogP contribution in [0, 0.1) is 5.82 Å². The molecule has 0 unspecified atom stereocenters. The lowest BCUT2D eigenvalue weighted by atomic mass is 10.3. The lowest BCUT2D eigenvalue weighted by Crippen LogP contribution is -2.27. The summed E-state index contributed by atoms with van der Waals surface area (Å²) < 4.78 is 18.3.